The number of benzene rings is 1. The molecule has 1 aromatic carbocycles. The van der Waals surface area contributed by atoms with Gasteiger partial charge in [-0.3, -0.25) is 4.79 Å². The van der Waals surface area contributed by atoms with E-state index < -0.39 is 29.5 Å². The van der Waals surface area contributed by atoms with E-state index in [-0.39, 0.29) is 29.1 Å². The van der Waals surface area contributed by atoms with E-state index in [0.717, 1.165) is 42.6 Å². The molecule has 8 atom stereocenters. The summed E-state index contributed by atoms with van der Waals surface area (Å²) in [4.78, 5) is 12.9. The SMILES string of the molecule is C[C@@H]1C[C@H]2[C@@H]3CCC4=Cc5c(cnn5-c5ccc(/C=C/I)cc5)C[C@]4(C)[C@H]3[C@@H](O)C[C@]2(C)[C@@]1(O)C(=O)CO. The van der Waals surface area contributed by atoms with Crippen LogP contribution in [0.25, 0.3) is 17.8 Å². The van der Waals surface area contributed by atoms with Gasteiger partial charge in [-0.15, -0.1) is 0 Å². The Morgan fingerprint density at radius 2 is 2.00 bits per heavy atom. The normalized spacial score (nSPS) is 39.8. The highest BCUT2D eigenvalue weighted by molar-refractivity contribution is 14.1. The Hall–Kier alpha value is -1.81. The molecule has 4 aliphatic carbocycles. The van der Waals surface area contributed by atoms with Crippen LogP contribution >= 0.6 is 22.6 Å². The molecule has 1 heterocycles. The summed E-state index contributed by atoms with van der Waals surface area (Å²) in [5.41, 5.74) is 3.33. The van der Waals surface area contributed by atoms with E-state index in [9.17, 15) is 20.1 Å². The van der Waals surface area contributed by atoms with Crippen LogP contribution in [0.15, 0.2) is 40.1 Å². The minimum atomic E-state index is -1.60. The lowest BCUT2D eigenvalue weighted by Crippen LogP contribution is -2.63. The zero-order valence-electron chi connectivity index (χ0n) is 22.3. The number of allylic oxidation sites excluding steroid dienone is 1. The van der Waals surface area contributed by atoms with Crippen molar-refractivity contribution < 1.29 is 20.1 Å². The monoisotopic (exact) mass is 628 g/mol. The largest absolute Gasteiger partial charge is 0.393 e. The third kappa shape index (κ3) is 3.47. The number of carbonyl (C=O) groups excluding carboxylic acids is 1. The first-order valence-corrected chi connectivity index (χ1v) is 15.0. The molecule has 202 valence electrons. The van der Waals surface area contributed by atoms with Gasteiger partial charge in [0.25, 0.3) is 0 Å². The molecule has 3 saturated carbocycles. The van der Waals surface area contributed by atoms with E-state index in [4.69, 9.17) is 5.10 Å². The van der Waals surface area contributed by atoms with E-state index in [1.807, 2.05) is 28.8 Å². The second kappa shape index (κ2) is 9.11. The maximum absolute atomic E-state index is 12.9. The fourth-order valence-corrected chi connectivity index (χ4v) is 9.65. The molecule has 0 saturated heterocycles. The number of Topliss-reactive ketones (excluding diaryl/α,β-unsaturated/α-hetero) is 1. The van der Waals surface area contributed by atoms with Crippen LogP contribution in [0.3, 0.4) is 0 Å². The van der Waals surface area contributed by atoms with Gasteiger partial charge in [0.1, 0.15) is 12.2 Å². The van der Waals surface area contributed by atoms with Gasteiger partial charge in [-0.1, -0.05) is 61.1 Å². The molecule has 0 bridgehead atoms. The van der Waals surface area contributed by atoms with E-state index in [0.29, 0.717) is 6.42 Å². The van der Waals surface area contributed by atoms with Crippen molar-refractivity contribution in [1.82, 2.24) is 9.78 Å². The molecule has 38 heavy (non-hydrogen) atoms. The summed E-state index contributed by atoms with van der Waals surface area (Å²) in [7, 11) is 0. The highest BCUT2D eigenvalue weighted by atomic mass is 127. The molecular formula is C31H37IN2O4. The first kappa shape index (κ1) is 26.4. The predicted octanol–water partition coefficient (Wildman–Crippen LogP) is 4.97. The Balaban J connectivity index is 1.35. The van der Waals surface area contributed by atoms with Gasteiger partial charge in [-0.05, 0) is 101 Å². The summed E-state index contributed by atoms with van der Waals surface area (Å²) in [6.07, 6.45) is 9.53. The minimum Gasteiger partial charge on any atom is -0.393 e. The number of fused-ring (bicyclic) bond motifs is 6. The highest BCUT2D eigenvalue weighted by Crippen LogP contribution is 2.68. The van der Waals surface area contributed by atoms with E-state index in [1.165, 1.54) is 11.1 Å². The number of rotatable bonds is 4. The number of aliphatic hydroxyl groups excluding tert-OH is 2. The van der Waals surface area contributed by atoms with E-state index in [1.54, 1.807) is 0 Å². The lowest BCUT2D eigenvalue weighted by Gasteiger charge is -2.60. The number of halogens is 1. The number of ketones is 1. The Bertz CT molecular complexity index is 1330. The van der Waals surface area contributed by atoms with Crippen molar-refractivity contribution in [2.24, 2.45) is 34.5 Å². The van der Waals surface area contributed by atoms with Crippen LogP contribution in [-0.2, 0) is 11.2 Å². The van der Waals surface area contributed by atoms with Gasteiger partial charge >= 0.3 is 0 Å². The molecule has 4 aliphatic rings. The number of hydrogen-bond donors (Lipinski definition) is 3. The molecule has 0 spiro atoms. The van der Waals surface area contributed by atoms with Crippen LogP contribution in [0.5, 0.6) is 0 Å². The fourth-order valence-electron chi connectivity index (χ4n) is 9.24. The van der Waals surface area contributed by atoms with E-state index >= 15 is 0 Å². The third-order valence-electron chi connectivity index (χ3n) is 11.0. The molecule has 2 aromatic rings. The first-order chi connectivity index (χ1) is 18.1. The maximum atomic E-state index is 12.9. The molecule has 6 nitrogen and oxygen atoms in total. The van der Waals surface area contributed by atoms with Gasteiger partial charge in [0.05, 0.1) is 23.7 Å². The summed E-state index contributed by atoms with van der Waals surface area (Å²) in [5, 5.41) is 38.0. The van der Waals surface area contributed by atoms with Gasteiger partial charge in [-0.25, -0.2) is 4.68 Å². The van der Waals surface area contributed by atoms with Gasteiger partial charge in [0.15, 0.2) is 5.78 Å². The smallest absolute Gasteiger partial charge is 0.190 e. The van der Waals surface area contributed by atoms with Crippen molar-refractivity contribution >= 4 is 40.5 Å². The third-order valence-corrected chi connectivity index (χ3v) is 11.3. The Kier molecular flexibility index (Phi) is 6.33. The van der Waals surface area contributed by atoms with Crippen molar-refractivity contribution in [3.8, 4) is 5.69 Å². The van der Waals surface area contributed by atoms with E-state index in [2.05, 4.69) is 65.9 Å². The van der Waals surface area contributed by atoms with Crippen molar-refractivity contribution in [2.75, 3.05) is 6.61 Å². The number of aromatic nitrogens is 2. The Morgan fingerprint density at radius 1 is 1.26 bits per heavy atom. The number of hydrogen-bond acceptors (Lipinski definition) is 5. The van der Waals surface area contributed by atoms with Crippen LogP contribution in [0.2, 0.25) is 0 Å². The van der Waals surface area contributed by atoms with Crippen molar-refractivity contribution in [1.29, 1.82) is 0 Å². The van der Waals surface area contributed by atoms with Crippen LogP contribution in [0.4, 0.5) is 0 Å². The average Bonchev–Trinajstić information content (AvgIpc) is 3.38. The van der Waals surface area contributed by atoms with Gasteiger partial charge in [0, 0.05) is 5.41 Å². The molecule has 0 aliphatic heterocycles. The molecule has 0 radical (unpaired) electrons. The van der Waals surface area contributed by atoms with Crippen molar-refractivity contribution in [3.63, 3.8) is 0 Å². The maximum Gasteiger partial charge on any atom is 0.190 e. The average molecular weight is 629 g/mol. The summed E-state index contributed by atoms with van der Waals surface area (Å²) in [5.74, 6) is -0.359. The van der Waals surface area contributed by atoms with Crippen molar-refractivity contribution in [3.05, 3.63) is 56.9 Å². The minimum absolute atomic E-state index is 0.0511. The topological polar surface area (TPSA) is 95.6 Å². The second-order valence-electron chi connectivity index (χ2n) is 12.6. The second-order valence-corrected chi connectivity index (χ2v) is 13.3. The van der Waals surface area contributed by atoms with Gasteiger partial charge < -0.3 is 15.3 Å². The molecule has 0 amide bonds. The Morgan fingerprint density at radius 3 is 2.68 bits per heavy atom. The number of nitrogens with zero attached hydrogens (tertiary/aromatic N) is 2. The predicted molar refractivity (Wildman–Crippen MR) is 156 cm³/mol. The van der Waals surface area contributed by atoms with Gasteiger partial charge in [-0.2, -0.15) is 5.10 Å². The van der Waals surface area contributed by atoms with Crippen LogP contribution in [-0.4, -0.2) is 49.2 Å². The molecule has 1 aromatic heterocycles. The molecule has 3 fully saturated rings. The summed E-state index contributed by atoms with van der Waals surface area (Å²) >= 11 is 2.23. The van der Waals surface area contributed by atoms with Crippen LogP contribution in [0, 0.1) is 34.5 Å². The van der Waals surface area contributed by atoms with Crippen LogP contribution < -0.4 is 0 Å². The molecule has 7 heteroatoms. The fraction of sp³-hybridized carbons (Fsp3) is 0.548. The summed E-state index contributed by atoms with van der Waals surface area (Å²) in [6, 6.07) is 8.41. The molecule has 0 unspecified atom stereocenters. The first-order valence-electron chi connectivity index (χ1n) is 13.8. The Labute approximate surface area is 238 Å². The zero-order chi connectivity index (χ0) is 27.0. The lowest BCUT2D eigenvalue weighted by molar-refractivity contribution is -0.186. The summed E-state index contributed by atoms with van der Waals surface area (Å²) < 4.78 is 4.03. The zero-order valence-corrected chi connectivity index (χ0v) is 24.4. The molecule has 3 N–H and O–H groups in total. The number of aliphatic hydroxyl groups is 3. The molecule has 6 rings (SSSR count). The quantitative estimate of drug-likeness (QED) is 0.416. The highest BCUT2D eigenvalue weighted by Gasteiger charge is 2.70. The summed E-state index contributed by atoms with van der Waals surface area (Å²) in [6.45, 7) is 5.55. The van der Waals surface area contributed by atoms with Crippen molar-refractivity contribution in [2.45, 2.75) is 64.6 Å². The molecular weight excluding hydrogens is 591 g/mol. The van der Waals surface area contributed by atoms with Crippen LogP contribution in [0.1, 0.15) is 63.3 Å². The number of carbonyl (C=O) groups is 1. The standard InChI is InChI=1S/C31H37IN2O4/c1-18-12-24-23-9-6-21-13-25-20(16-33-34(25)22-7-4-19(5-8-22)10-11-32)14-29(21,2)28(23)26(36)15-30(24,3)31(18,38)27(37)17-35/h4-5,7-8,10-11,13,16,18,23-24,26,28,35-36,38H,6,9,12,14-15,17H2,1-3H3/b11-10+/t18-,23+,24+,26+,28-,29+,30+,31+/m1/s1. The lowest BCUT2D eigenvalue weighted by atomic mass is 9.45. The van der Waals surface area contributed by atoms with Gasteiger partial charge in [0.2, 0.25) is 0 Å².